The fourth-order valence-electron chi connectivity index (χ4n) is 0.329. The van der Waals surface area contributed by atoms with Crippen molar-refractivity contribution < 1.29 is 5.11 Å². The first kappa shape index (κ1) is 8.08. The molecule has 2 N–H and O–H groups in total. The second-order valence-electron chi connectivity index (χ2n) is 2.01. The van der Waals surface area contributed by atoms with Crippen LogP contribution in [0, 0.1) is 0 Å². The van der Waals surface area contributed by atoms with Crippen LogP contribution in [0.3, 0.4) is 0 Å². The molecule has 0 aliphatic carbocycles. The number of rotatable bonds is 2. The van der Waals surface area contributed by atoms with Crippen LogP contribution in [0.5, 0.6) is 0 Å². The molecule has 2 heteroatoms. The summed E-state index contributed by atoms with van der Waals surface area (Å²) in [5.74, 6) is 0.323. The quantitative estimate of drug-likeness (QED) is 0.436. The van der Waals surface area contributed by atoms with Crippen LogP contribution >= 0.6 is 0 Å². The third kappa shape index (κ3) is 3.64. The van der Waals surface area contributed by atoms with Gasteiger partial charge in [0.25, 0.3) is 0 Å². The molecule has 0 aliphatic heterocycles. The molecular formula is C7H13NO. The van der Waals surface area contributed by atoms with Crippen LogP contribution in [0.1, 0.15) is 13.8 Å². The van der Waals surface area contributed by atoms with Gasteiger partial charge >= 0.3 is 0 Å². The van der Waals surface area contributed by atoms with Crippen molar-refractivity contribution in [2.24, 2.45) is 0 Å². The van der Waals surface area contributed by atoms with E-state index in [2.05, 4.69) is 5.32 Å². The molecule has 0 saturated carbocycles. The molecule has 0 spiro atoms. The lowest BCUT2D eigenvalue weighted by molar-refractivity contribution is 0.425. The molecule has 0 amide bonds. The van der Waals surface area contributed by atoms with E-state index in [0.717, 1.165) is 5.57 Å². The van der Waals surface area contributed by atoms with Crippen LogP contribution in [0.15, 0.2) is 23.6 Å². The molecule has 0 atom stereocenters. The fraction of sp³-hybridized carbons (Fsp3) is 0.429. The van der Waals surface area contributed by atoms with Gasteiger partial charge in [0.05, 0.1) is 0 Å². The van der Waals surface area contributed by atoms with Gasteiger partial charge in [-0.15, -0.1) is 0 Å². The van der Waals surface area contributed by atoms with E-state index in [4.69, 9.17) is 5.11 Å². The molecule has 0 aromatic heterocycles. The van der Waals surface area contributed by atoms with Gasteiger partial charge in [-0.05, 0) is 31.7 Å². The Morgan fingerprint density at radius 1 is 1.44 bits per heavy atom. The summed E-state index contributed by atoms with van der Waals surface area (Å²) in [6.07, 6.45) is 3.30. The zero-order valence-electron chi connectivity index (χ0n) is 6.10. The first-order chi connectivity index (χ1) is 4.18. The van der Waals surface area contributed by atoms with Gasteiger partial charge in [0.1, 0.15) is 5.76 Å². The molecule has 0 unspecified atom stereocenters. The van der Waals surface area contributed by atoms with Gasteiger partial charge in [-0.3, -0.25) is 0 Å². The maximum Gasteiger partial charge on any atom is 0.115 e. The number of hydrogen-bond acceptors (Lipinski definition) is 2. The Morgan fingerprint density at radius 2 is 2.00 bits per heavy atom. The smallest absolute Gasteiger partial charge is 0.115 e. The summed E-state index contributed by atoms with van der Waals surface area (Å²) in [4.78, 5) is 0. The minimum atomic E-state index is 0.323. The molecule has 0 bridgehead atoms. The second kappa shape index (κ2) is 4.01. The van der Waals surface area contributed by atoms with Gasteiger partial charge in [0, 0.05) is 7.05 Å². The summed E-state index contributed by atoms with van der Waals surface area (Å²) in [5.41, 5.74) is 0.918. The topological polar surface area (TPSA) is 32.3 Å². The molecule has 0 fully saturated rings. The Bertz CT molecular complexity index is 132. The monoisotopic (exact) mass is 127 g/mol. The Labute approximate surface area is 55.9 Å². The standard InChI is InChI=1S/C7H13NO/c1-6(2)7(9)4-5-8-3/h4-5,8-9H,1-3H3/b5-4-. The minimum absolute atomic E-state index is 0.323. The van der Waals surface area contributed by atoms with Crippen molar-refractivity contribution in [3.63, 3.8) is 0 Å². The normalized spacial score (nSPS) is 9.67. The molecule has 0 aromatic rings. The zero-order chi connectivity index (χ0) is 7.28. The minimum Gasteiger partial charge on any atom is -0.508 e. The van der Waals surface area contributed by atoms with Crippen molar-refractivity contribution in [2.75, 3.05) is 7.05 Å². The molecule has 52 valence electrons. The van der Waals surface area contributed by atoms with E-state index < -0.39 is 0 Å². The van der Waals surface area contributed by atoms with Crippen LogP contribution in [-0.4, -0.2) is 12.2 Å². The van der Waals surface area contributed by atoms with Crippen molar-refractivity contribution in [1.82, 2.24) is 5.32 Å². The lowest BCUT2D eigenvalue weighted by Gasteiger charge is -1.92. The molecule has 0 aromatic carbocycles. The average molecular weight is 127 g/mol. The highest BCUT2D eigenvalue weighted by Crippen LogP contribution is 1.98. The third-order valence-electron chi connectivity index (χ3n) is 0.920. The summed E-state index contributed by atoms with van der Waals surface area (Å²) in [6, 6.07) is 0. The van der Waals surface area contributed by atoms with E-state index in [-0.39, 0.29) is 0 Å². The number of allylic oxidation sites excluding steroid dienone is 2. The molecule has 0 rings (SSSR count). The van der Waals surface area contributed by atoms with Crippen molar-refractivity contribution in [1.29, 1.82) is 0 Å². The van der Waals surface area contributed by atoms with Crippen LogP contribution in [-0.2, 0) is 0 Å². The van der Waals surface area contributed by atoms with Gasteiger partial charge in [0.2, 0.25) is 0 Å². The highest BCUT2D eigenvalue weighted by molar-refractivity contribution is 5.14. The molecule has 2 nitrogen and oxygen atoms in total. The number of nitrogens with one attached hydrogen (secondary N) is 1. The van der Waals surface area contributed by atoms with Gasteiger partial charge in [-0.1, -0.05) is 0 Å². The van der Waals surface area contributed by atoms with Crippen molar-refractivity contribution in [3.8, 4) is 0 Å². The SMILES string of the molecule is CN/C=C\C(O)=C(C)C. The summed E-state index contributed by atoms with van der Waals surface area (Å²) in [6.45, 7) is 3.71. The molecule has 9 heavy (non-hydrogen) atoms. The van der Waals surface area contributed by atoms with Gasteiger partial charge in [-0.25, -0.2) is 0 Å². The van der Waals surface area contributed by atoms with E-state index in [9.17, 15) is 0 Å². The predicted molar refractivity (Wildman–Crippen MR) is 39.2 cm³/mol. The van der Waals surface area contributed by atoms with Crippen molar-refractivity contribution >= 4 is 0 Å². The largest absolute Gasteiger partial charge is 0.508 e. The molecule has 0 saturated heterocycles. The lowest BCUT2D eigenvalue weighted by Crippen LogP contribution is -1.92. The molecule has 0 heterocycles. The maximum absolute atomic E-state index is 9.01. The maximum atomic E-state index is 9.01. The van der Waals surface area contributed by atoms with Crippen LogP contribution in [0.4, 0.5) is 0 Å². The van der Waals surface area contributed by atoms with E-state index in [0.29, 0.717) is 5.76 Å². The van der Waals surface area contributed by atoms with Gasteiger partial charge in [0.15, 0.2) is 0 Å². The number of aliphatic hydroxyl groups excluding tert-OH is 1. The number of hydrogen-bond donors (Lipinski definition) is 2. The first-order valence-corrected chi connectivity index (χ1v) is 2.88. The molecule has 0 aliphatic rings. The van der Waals surface area contributed by atoms with Crippen molar-refractivity contribution in [3.05, 3.63) is 23.6 Å². The highest BCUT2D eigenvalue weighted by atomic mass is 16.3. The van der Waals surface area contributed by atoms with Crippen LogP contribution in [0.2, 0.25) is 0 Å². The fourth-order valence-corrected chi connectivity index (χ4v) is 0.329. The summed E-state index contributed by atoms with van der Waals surface area (Å²) < 4.78 is 0. The molecular weight excluding hydrogens is 114 g/mol. The second-order valence-corrected chi connectivity index (χ2v) is 2.01. The average Bonchev–Trinajstić information content (AvgIpc) is 1.82. The molecule has 0 radical (unpaired) electrons. The van der Waals surface area contributed by atoms with Gasteiger partial charge < -0.3 is 10.4 Å². The Morgan fingerprint density at radius 3 is 2.33 bits per heavy atom. The van der Waals surface area contributed by atoms with Crippen LogP contribution in [0.25, 0.3) is 0 Å². The Kier molecular flexibility index (Phi) is 3.60. The van der Waals surface area contributed by atoms with Crippen LogP contribution < -0.4 is 5.32 Å². The van der Waals surface area contributed by atoms with Crippen molar-refractivity contribution in [2.45, 2.75) is 13.8 Å². The van der Waals surface area contributed by atoms with E-state index in [1.165, 1.54) is 0 Å². The summed E-state index contributed by atoms with van der Waals surface area (Å²) >= 11 is 0. The van der Waals surface area contributed by atoms with E-state index in [1.54, 1.807) is 19.3 Å². The Hall–Kier alpha value is -0.920. The highest BCUT2D eigenvalue weighted by Gasteiger charge is 1.85. The zero-order valence-corrected chi connectivity index (χ0v) is 6.10. The summed E-state index contributed by atoms with van der Waals surface area (Å²) in [5, 5.41) is 11.8. The number of aliphatic hydroxyl groups is 1. The first-order valence-electron chi connectivity index (χ1n) is 2.88. The predicted octanol–water partition coefficient (Wildman–Crippen LogP) is 1.57. The Balaban J connectivity index is 3.91. The summed E-state index contributed by atoms with van der Waals surface area (Å²) in [7, 11) is 1.79. The van der Waals surface area contributed by atoms with E-state index in [1.807, 2.05) is 13.8 Å². The third-order valence-corrected chi connectivity index (χ3v) is 0.920. The van der Waals surface area contributed by atoms with E-state index >= 15 is 0 Å². The lowest BCUT2D eigenvalue weighted by atomic mass is 10.3. The van der Waals surface area contributed by atoms with Gasteiger partial charge in [-0.2, -0.15) is 0 Å².